The predicted molar refractivity (Wildman–Crippen MR) is 179 cm³/mol. The number of aromatic hydroxyl groups is 1. The van der Waals surface area contributed by atoms with Crippen molar-refractivity contribution in [3.05, 3.63) is 101 Å². The number of imide groups is 2. The van der Waals surface area contributed by atoms with Gasteiger partial charge in [-0.05, 0) is 61.4 Å². The molecule has 246 valence electrons. The molecule has 3 aromatic rings. The molecule has 2 aliphatic heterocycles. The van der Waals surface area contributed by atoms with E-state index in [9.17, 15) is 19.5 Å². The third kappa shape index (κ3) is 4.34. The van der Waals surface area contributed by atoms with Crippen LogP contribution < -0.4 is 9.64 Å². The van der Waals surface area contributed by atoms with E-state index in [0.717, 1.165) is 37.7 Å². The van der Waals surface area contributed by atoms with Gasteiger partial charge in [0.2, 0.25) is 23.6 Å². The van der Waals surface area contributed by atoms with Crippen molar-refractivity contribution in [1.29, 1.82) is 0 Å². The van der Waals surface area contributed by atoms with Crippen molar-refractivity contribution in [3.8, 4) is 11.5 Å². The number of ether oxygens (including phenoxy) is 1. The van der Waals surface area contributed by atoms with E-state index < -0.39 is 35.0 Å². The van der Waals surface area contributed by atoms with Gasteiger partial charge in [-0.25, -0.2) is 4.90 Å². The Morgan fingerprint density at radius 2 is 1.62 bits per heavy atom. The van der Waals surface area contributed by atoms with Crippen LogP contribution in [0.4, 0.5) is 5.69 Å². The summed E-state index contributed by atoms with van der Waals surface area (Å²) in [5.74, 6) is -3.80. The molecule has 0 aromatic heterocycles. The number of likely N-dealkylation sites (tertiary alicyclic amines) is 1. The summed E-state index contributed by atoms with van der Waals surface area (Å²) in [6.07, 6.45) is 7.38. The monoisotopic (exact) mass is 664 g/mol. The lowest BCUT2D eigenvalue weighted by Gasteiger charge is -2.51. The van der Waals surface area contributed by atoms with Crippen molar-refractivity contribution in [1.82, 2.24) is 4.90 Å². The Morgan fingerprint density at radius 1 is 0.854 bits per heavy atom. The fourth-order valence-electron chi connectivity index (χ4n) is 9.75. The van der Waals surface area contributed by atoms with Crippen LogP contribution in [-0.4, -0.2) is 46.8 Å². The van der Waals surface area contributed by atoms with Crippen LogP contribution in [0.1, 0.15) is 62.0 Å². The normalized spacial score (nSPS) is 30.2. The predicted octanol–water partition coefficient (Wildman–Crippen LogP) is 6.55. The number of nitrogens with zero attached hydrogens (tertiary/aromatic N) is 2. The van der Waals surface area contributed by atoms with Crippen LogP contribution in [0.15, 0.2) is 84.4 Å². The Morgan fingerprint density at radius 3 is 2.35 bits per heavy atom. The second-order valence-electron chi connectivity index (χ2n) is 13.9. The smallest absolute Gasteiger partial charge is 0.246 e. The van der Waals surface area contributed by atoms with Gasteiger partial charge in [0.05, 0.1) is 36.0 Å². The highest BCUT2D eigenvalue weighted by molar-refractivity contribution is 6.32. The van der Waals surface area contributed by atoms with E-state index >= 15 is 4.79 Å². The minimum atomic E-state index is -1.41. The topological polar surface area (TPSA) is 104 Å². The Kier molecular flexibility index (Phi) is 7.47. The zero-order valence-electron chi connectivity index (χ0n) is 26.7. The number of carbonyl (C=O) groups is 4. The molecule has 3 aliphatic carbocycles. The number of phenols is 1. The number of hydrogen-bond donors (Lipinski definition) is 1. The standard InChI is InChI=1S/C39H37ClN2O6/c1-48-32-20-26(43)15-16-28(32)34-27-17-18-29-33(37(46)41(35(29)44)24-12-6-3-7-13-24)30(27)21-31-36(45)42(25-14-8-11-23(40)19-25)38(47)39(31,34)22-9-4-2-5-10-22/h2,4-5,8-11,14-17,19-20,24,29-31,33-34,43H,3,6-7,12-13,18,21H2,1H3. The average Bonchev–Trinajstić information content (AvgIpc) is 3.49. The second-order valence-corrected chi connectivity index (χ2v) is 14.3. The van der Waals surface area contributed by atoms with E-state index in [1.165, 1.54) is 18.1 Å². The van der Waals surface area contributed by atoms with Crippen molar-refractivity contribution in [2.24, 2.45) is 23.7 Å². The summed E-state index contributed by atoms with van der Waals surface area (Å²) in [5, 5.41) is 10.9. The zero-order chi connectivity index (χ0) is 33.3. The minimum Gasteiger partial charge on any atom is -0.508 e. The number of rotatable bonds is 5. The maximum Gasteiger partial charge on any atom is 0.246 e. The molecule has 0 radical (unpaired) electrons. The molecule has 4 fully saturated rings. The van der Waals surface area contributed by atoms with Crippen molar-refractivity contribution in [2.45, 2.75) is 62.3 Å². The molecule has 8 nitrogen and oxygen atoms in total. The fourth-order valence-corrected chi connectivity index (χ4v) is 9.93. The molecule has 6 atom stereocenters. The third-order valence-corrected chi connectivity index (χ3v) is 11.9. The highest BCUT2D eigenvalue weighted by atomic mass is 35.5. The number of allylic oxidation sites excluding steroid dienone is 2. The van der Waals surface area contributed by atoms with Gasteiger partial charge in [0.15, 0.2) is 0 Å². The van der Waals surface area contributed by atoms with E-state index in [4.69, 9.17) is 16.3 Å². The summed E-state index contributed by atoms with van der Waals surface area (Å²) < 4.78 is 5.86. The van der Waals surface area contributed by atoms with E-state index in [1.807, 2.05) is 30.3 Å². The Balaban J connectivity index is 1.36. The Hall–Kier alpha value is -4.43. The summed E-state index contributed by atoms with van der Waals surface area (Å²) in [7, 11) is 1.51. The molecule has 9 heteroatoms. The summed E-state index contributed by atoms with van der Waals surface area (Å²) in [4.78, 5) is 61.5. The van der Waals surface area contributed by atoms with Gasteiger partial charge in [-0.15, -0.1) is 0 Å². The van der Waals surface area contributed by atoms with E-state index in [1.54, 1.807) is 41.3 Å². The van der Waals surface area contributed by atoms with Crippen molar-refractivity contribution in [2.75, 3.05) is 12.0 Å². The van der Waals surface area contributed by atoms with Crippen molar-refractivity contribution < 1.29 is 29.0 Å². The number of benzene rings is 3. The third-order valence-electron chi connectivity index (χ3n) is 11.7. The molecule has 0 spiro atoms. The first-order chi connectivity index (χ1) is 23.3. The van der Waals surface area contributed by atoms with Crippen LogP contribution in [0.3, 0.4) is 0 Å². The van der Waals surface area contributed by atoms with Gasteiger partial charge in [0, 0.05) is 28.6 Å². The lowest BCUT2D eigenvalue weighted by molar-refractivity contribution is -0.143. The minimum absolute atomic E-state index is 0.0000262. The van der Waals surface area contributed by atoms with Crippen LogP contribution in [-0.2, 0) is 24.6 Å². The molecule has 4 amide bonds. The second kappa shape index (κ2) is 11.6. The van der Waals surface area contributed by atoms with Gasteiger partial charge < -0.3 is 9.84 Å². The number of carbonyl (C=O) groups excluding carboxylic acids is 4. The highest BCUT2D eigenvalue weighted by Gasteiger charge is 2.70. The number of phenolic OH excluding ortho intramolecular Hbond substituents is 1. The molecular formula is C39H37ClN2O6. The summed E-state index contributed by atoms with van der Waals surface area (Å²) in [6, 6.07) is 20.9. The van der Waals surface area contributed by atoms with Crippen LogP contribution in [0.5, 0.6) is 11.5 Å². The number of methoxy groups -OCH3 is 1. The fraction of sp³-hybridized carbons (Fsp3) is 0.385. The van der Waals surface area contributed by atoms with Crippen molar-refractivity contribution >= 4 is 40.9 Å². The van der Waals surface area contributed by atoms with Gasteiger partial charge in [-0.1, -0.05) is 85.0 Å². The average molecular weight is 665 g/mol. The van der Waals surface area contributed by atoms with Gasteiger partial charge in [-0.3, -0.25) is 24.1 Å². The molecule has 6 unspecified atom stereocenters. The number of halogens is 1. The number of hydrogen-bond acceptors (Lipinski definition) is 6. The number of amides is 4. The first-order valence-electron chi connectivity index (χ1n) is 16.9. The van der Waals surface area contributed by atoms with Crippen molar-refractivity contribution in [3.63, 3.8) is 0 Å². The van der Waals surface area contributed by atoms with Gasteiger partial charge in [0.1, 0.15) is 11.5 Å². The molecule has 2 heterocycles. The van der Waals surface area contributed by atoms with Crippen LogP contribution in [0, 0.1) is 23.7 Å². The summed E-state index contributed by atoms with van der Waals surface area (Å²) in [6.45, 7) is 0. The molecule has 2 saturated carbocycles. The zero-order valence-corrected chi connectivity index (χ0v) is 27.4. The van der Waals surface area contributed by atoms with Gasteiger partial charge in [0.25, 0.3) is 0 Å². The van der Waals surface area contributed by atoms with E-state index in [-0.39, 0.29) is 41.8 Å². The molecule has 2 saturated heterocycles. The molecule has 0 bridgehead atoms. The maximum atomic E-state index is 15.3. The van der Waals surface area contributed by atoms with Gasteiger partial charge in [-0.2, -0.15) is 0 Å². The number of fused-ring (bicyclic) bond motifs is 4. The first-order valence-corrected chi connectivity index (χ1v) is 17.3. The molecular weight excluding hydrogens is 628 g/mol. The van der Waals surface area contributed by atoms with Crippen LogP contribution in [0.2, 0.25) is 5.02 Å². The quantitative estimate of drug-likeness (QED) is 0.245. The SMILES string of the molecule is COc1cc(O)ccc1C1C2=CCC3C(=O)N(C4CCCCC4)C(=O)C3C2CC2C(=O)N(c3cccc(Cl)c3)C(=O)C21c1ccccc1. The largest absolute Gasteiger partial charge is 0.508 e. The lowest BCUT2D eigenvalue weighted by Crippen LogP contribution is -2.53. The Labute approximate surface area is 284 Å². The number of anilines is 1. The lowest BCUT2D eigenvalue weighted by atomic mass is 9.49. The summed E-state index contributed by atoms with van der Waals surface area (Å²) >= 11 is 6.40. The molecule has 8 rings (SSSR count). The van der Waals surface area contributed by atoms with Crippen LogP contribution >= 0.6 is 11.6 Å². The van der Waals surface area contributed by atoms with E-state index in [0.29, 0.717) is 34.0 Å². The van der Waals surface area contributed by atoms with Crippen LogP contribution in [0.25, 0.3) is 0 Å². The molecule has 1 N–H and O–H groups in total. The molecule has 48 heavy (non-hydrogen) atoms. The first kappa shape index (κ1) is 30.9. The van der Waals surface area contributed by atoms with Gasteiger partial charge >= 0.3 is 0 Å². The highest BCUT2D eigenvalue weighted by Crippen LogP contribution is 2.65. The molecule has 5 aliphatic rings. The maximum absolute atomic E-state index is 15.3. The summed E-state index contributed by atoms with van der Waals surface area (Å²) in [5.41, 5.74) is 1.14. The Bertz CT molecular complexity index is 1870. The van der Waals surface area contributed by atoms with E-state index in [2.05, 4.69) is 6.08 Å². The molecule has 3 aromatic carbocycles.